The van der Waals surface area contributed by atoms with Gasteiger partial charge in [0.1, 0.15) is 11.6 Å². The highest BCUT2D eigenvalue weighted by atomic mass is 79.9. The summed E-state index contributed by atoms with van der Waals surface area (Å²) in [5.74, 6) is -1.06. The average molecular weight is 340 g/mol. The summed E-state index contributed by atoms with van der Waals surface area (Å²) in [5.41, 5.74) is 1.62. The molecule has 1 unspecified atom stereocenters. The molecule has 0 aromatic heterocycles. The molecule has 0 bridgehead atoms. The van der Waals surface area contributed by atoms with Crippen LogP contribution in [0.4, 0.5) is 8.78 Å². The molecule has 2 rings (SSSR count). The Balaban J connectivity index is 2.07. The van der Waals surface area contributed by atoms with Gasteiger partial charge >= 0.3 is 0 Å². The number of hydrogen-bond acceptors (Lipinski definition) is 1. The Labute approximate surface area is 126 Å². The van der Waals surface area contributed by atoms with Gasteiger partial charge in [0.05, 0.1) is 0 Å². The lowest BCUT2D eigenvalue weighted by molar-refractivity contribution is 0.500. The van der Waals surface area contributed by atoms with Crippen LogP contribution in [0.5, 0.6) is 0 Å². The summed E-state index contributed by atoms with van der Waals surface area (Å²) in [5, 5.41) is 3.31. The van der Waals surface area contributed by atoms with Gasteiger partial charge in [0.15, 0.2) is 0 Å². The molecule has 0 spiro atoms. The van der Waals surface area contributed by atoms with Gasteiger partial charge in [-0.05, 0) is 30.2 Å². The predicted molar refractivity (Wildman–Crippen MR) is 80.4 cm³/mol. The van der Waals surface area contributed by atoms with Crippen molar-refractivity contribution in [2.45, 2.75) is 25.9 Å². The van der Waals surface area contributed by atoms with Gasteiger partial charge < -0.3 is 5.32 Å². The van der Waals surface area contributed by atoms with Crippen molar-refractivity contribution in [2.75, 3.05) is 0 Å². The van der Waals surface area contributed by atoms with Gasteiger partial charge in [0.25, 0.3) is 0 Å². The van der Waals surface area contributed by atoms with Gasteiger partial charge in [-0.2, -0.15) is 0 Å². The molecule has 4 heteroatoms. The lowest BCUT2D eigenvalue weighted by atomic mass is 10.0. The largest absolute Gasteiger partial charge is 0.306 e. The molecule has 1 N–H and O–H groups in total. The number of halogens is 3. The molecule has 0 aliphatic heterocycles. The van der Waals surface area contributed by atoms with E-state index in [2.05, 4.69) is 28.2 Å². The Hall–Kier alpha value is -1.26. The molecule has 0 amide bonds. The second-order valence-corrected chi connectivity index (χ2v) is 5.55. The summed E-state index contributed by atoms with van der Waals surface area (Å²) >= 11 is 3.45. The van der Waals surface area contributed by atoms with Gasteiger partial charge in [-0.15, -0.1) is 0 Å². The Morgan fingerprint density at radius 2 is 1.95 bits per heavy atom. The molecule has 0 aliphatic rings. The van der Waals surface area contributed by atoms with E-state index in [9.17, 15) is 8.78 Å². The van der Waals surface area contributed by atoms with Crippen LogP contribution in [-0.4, -0.2) is 0 Å². The molecule has 2 aromatic rings. The van der Waals surface area contributed by atoms with Crippen LogP contribution in [0.2, 0.25) is 0 Å². The van der Waals surface area contributed by atoms with Gasteiger partial charge in [0.2, 0.25) is 0 Å². The minimum absolute atomic E-state index is 0.136. The number of rotatable bonds is 5. The van der Waals surface area contributed by atoms with Crippen LogP contribution in [0.15, 0.2) is 46.9 Å². The Bertz CT molecular complexity index is 586. The maximum absolute atomic E-state index is 13.6. The fourth-order valence-corrected chi connectivity index (χ4v) is 2.54. The lowest BCUT2D eigenvalue weighted by Gasteiger charge is -2.18. The third-order valence-corrected chi connectivity index (χ3v) is 3.71. The second-order valence-electron chi connectivity index (χ2n) is 4.63. The third-order valence-electron chi connectivity index (χ3n) is 3.21. The van der Waals surface area contributed by atoms with E-state index in [0.717, 1.165) is 22.5 Å². The monoisotopic (exact) mass is 339 g/mol. The first-order valence-corrected chi connectivity index (χ1v) is 7.32. The van der Waals surface area contributed by atoms with Crippen LogP contribution in [0, 0.1) is 11.6 Å². The molecule has 106 valence electrons. The molecule has 0 radical (unpaired) electrons. The molecule has 1 nitrogen and oxygen atoms in total. The van der Waals surface area contributed by atoms with Crippen molar-refractivity contribution in [2.24, 2.45) is 0 Å². The van der Waals surface area contributed by atoms with Crippen molar-refractivity contribution in [3.05, 3.63) is 69.7 Å². The van der Waals surface area contributed by atoms with E-state index in [1.165, 1.54) is 12.1 Å². The first-order chi connectivity index (χ1) is 9.60. The van der Waals surface area contributed by atoms with E-state index in [1.807, 2.05) is 24.3 Å². The van der Waals surface area contributed by atoms with E-state index in [1.54, 1.807) is 0 Å². The zero-order valence-electron chi connectivity index (χ0n) is 11.2. The van der Waals surface area contributed by atoms with Crippen molar-refractivity contribution in [3.8, 4) is 0 Å². The highest BCUT2D eigenvalue weighted by Gasteiger charge is 2.10. The highest BCUT2D eigenvalue weighted by molar-refractivity contribution is 9.10. The quantitative estimate of drug-likeness (QED) is 0.810. The Morgan fingerprint density at radius 3 is 2.60 bits per heavy atom. The Morgan fingerprint density at radius 1 is 1.15 bits per heavy atom. The number of hydrogen-bond donors (Lipinski definition) is 1. The summed E-state index contributed by atoms with van der Waals surface area (Å²) in [4.78, 5) is 0. The van der Waals surface area contributed by atoms with Crippen LogP contribution < -0.4 is 5.32 Å². The van der Waals surface area contributed by atoms with Crippen LogP contribution >= 0.6 is 15.9 Å². The fourth-order valence-electron chi connectivity index (χ4n) is 2.12. The van der Waals surface area contributed by atoms with Gasteiger partial charge in [-0.3, -0.25) is 0 Å². The smallest absolute Gasteiger partial charge is 0.130 e. The van der Waals surface area contributed by atoms with Crippen LogP contribution in [0.25, 0.3) is 0 Å². The van der Waals surface area contributed by atoms with E-state index >= 15 is 0 Å². The lowest BCUT2D eigenvalue weighted by Crippen LogP contribution is -2.20. The van der Waals surface area contributed by atoms with Gasteiger partial charge in [-0.1, -0.05) is 41.1 Å². The van der Waals surface area contributed by atoms with Crippen LogP contribution in [0.3, 0.4) is 0 Å². The molecule has 0 saturated carbocycles. The highest BCUT2D eigenvalue weighted by Crippen LogP contribution is 2.21. The van der Waals surface area contributed by atoms with Crippen molar-refractivity contribution < 1.29 is 8.78 Å². The third kappa shape index (κ3) is 3.87. The average Bonchev–Trinajstić information content (AvgIpc) is 2.41. The fraction of sp³-hybridized carbons (Fsp3) is 0.250. The standard InChI is InChI=1S/C16H16BrF2N/c1-2-16(11-4-3-5-13(17)8-11)20-10-12-6-7-14(18)9-15(12)19/h3-9,16,20H,2,10H2,1H3. The molecular weight excluding hydrogens is 324 g/mol. The first kappa shape index (κ1) is 15.1. The van der Waals surface area contributed by atoms with E-state index in [4.69, 9.17) is 0 Å². The zero-order chi connectivity index (χ0) is 14.5. The maximum Gasteiger partial charge on any atom is 0.130 e. The first-order valence-electron chi connectivity index (χ1n) is 6.53. The minimum atomic E-state index is -0.551. The van der Waals surface area contributed by atoms with Gasteiger partial charge in [0, 0.05) is 28.7 Å². The molecule has 0 heterocycles. The topological polar surface area (TPSA) is 12.0 Å². The molecule has 20 heavy (non-hydrogen) atoms. The van der Waals surface area contributed by atoms with Crippen molar-refractivity contribution in [1.82, 2.24) is 5.32 Å². The van der Waals surface area contributed by atoms with Crippen molar-refractivity contribution in [1.29, 1.82) is 0 Å². The molecule has 0 aliphatic carbocycles. The summed E-state index contributed by atoms with van der Waals surface area (Å²) in [6.45, 7) is 2.44. The summed E-state index contributed by atoms with van der Waals surface area (Å²) in [6.07, 6.45) is 0.888. The molecule has 0 fully saturated rings. The normalized spacial score (nSPS) is 12.4. The van der Waals surface area contributed by atoms with E-state index < -0.39 is 11.6 Å². The summed E-state index contributed by atoms with van der Waals surface area (Å²) in [7, 11) is 0. The molecule has 1 atom stereocenters. The van der Waals surface area contributed by atoms with Crippen molar-refractivity contribution >= 4 is 15.9 Å². The molecule has 0 saturated heterocycles. The van der Waals surface area contributed by atoms with E-state index in [0.29, 0.717) is 12.1 Å². The Kier molecular flexibility index (Phi) is 5.26. The van der Waals surface area contributed by atoms with Crippen LogP contribution in [0.1, 0.15) is 30.5 Å². The van der Waals surface area contributed by atoms with E-state index in [-0.39, 0.29) is 6.04 Å². The SMILES string of the molecule is CCC(NCc1ccc(F)cc1F)c1cccc(Br)c1. The molecular formula is C16H16BrF2N. The van der Waals surface area contributed by atoms with Crippen molar-refractivity contribution in [3.63, 3.8) is 0 Å². The molecule has 2 aromatic carbocycles. The number of nitrogens with one attached hydrogen (secondary N) is 1. The minimum Gasteiger partial charge on any atom is -0.306 e. The van der Waals surface area contributed by atoms with Gasteiger partial charge in [-0.25, -0.2) is 8.78 Å². The summed E-state index contributed by atoms with van der Waals surface area (Å²) < 4.78 is 27.5. The number of benzene rings is 2. The zero-order valence-corrected chi connectivity index (χ0v) is 12.8. The second kappa shape index (κ2) is 6.95. The predicted octanol–water partition coefficient (Wildman–Crippen LogP) is 4.97. The maximum atomic E-state index is 13.6. The van der Waals surface area contributed by atoms with Crippen LogP contribution in [-0.2, 0) is 6.54 Å². The summed E-state index contributed by atoms with van der Waals surface area (Å²) in [6, 6.07) is 11.8.